The fraction of sp³-hybridized carbons (Fsp3) is 0.444. The Morgan fingerprint density at radius 2 is 2.05 bits per heavy atom. The Morgan fingerprint density at radius 1 is 1.19 bits per heavy atom. The Morgan fingerprint density at radius 3 is 2.86 bits per heavy atom. The monoisotopic (exact) mass is 285 g/mol. The maximum absolute atomic E-state index is 5.93. The minimum atomic E-state index is 0.117. The molecular weight excluding hydrogens is 262 g/mol. The molecule has 3 nitrogen and oxygen atoms in total. The molecule has 1 aliphatic rings. The topological polar surface area (TPSA) is 34.4 Å². The van der Waals surface area contributed by atoms with Gasteiger partial charge in [-0.25, -0.2) is 0 Å². The number of hydrogen-bond acceptors (Lipinski definition) is 3. The summed E-state index contributed by atoms with van der Waals surface area (Å²) in [5.41, 5.74) is 4.29. The van der Waals surface area contributed by atoms with Crippen LogP contribution in [0.4, 0.5) is 0 Å². The number of nitrogens with one attached hydrogen (secondary N) is 1. The predicted octanol–water partition coefficient (Wildman–Crippen LogP) is 3.61. The van der Waals surface area contributed by atoms with Crippen LogP contribution in [0.15, 0.2) is 34.7 Å². The third-order valence-electron chi connectivity index (χ3n) is 4.12. The molecule has 112 valence electrons. The summed E-state index contributed by atoms with van der Waals surface area (Å²) in [5.74, 6) is 1.83. The van der Waals surface area contributed by atoms with Crippen molar-refractivity contribution in [2.24, 2.45) is 0 Å². The van der Waals surface area contributed by atoms with Crippen molar-refractivity contribution in [1.29, 1.82) is 0 Å². The average Bonchev–Trinajstić information content (AvgIpc) is 3.13. The second-order valence-corrected chi connectivity index (χ2v) is 5.61. The molecule has 0 saturated heterocycles. The molecule has 0 aliphatic heterocycles. The fourth-order valence-electron chi connectivity index (χ4n) is 3.13. The van der Waals surface area contributed by atoms with Crippen molar-refractivity contribution in [3.8, 4) is 0 Å². The fourth-order valence-corrected chi connectivity index (χ4v) is 3.13. The van der Waals surface area contributed by atoms with Gasteiger partial charge < -0.3 is 14.5 Å². The molecule has 2 aromatic rings. The summed E-state index contributed by atoms with van der Waals surface area (Å²) in [6, 6.07) is 11.0. The van der Waals surface area contributed by atoms with Gasteiger partial charge in [-0.15, -0.1) is 0 Å². The van der Waals surface area contributed by atoms with Crippen molar-refractivity contribution in [3.63, 3.8) is 0 Å². The highest BCUT2D eigenvalue weighted by Crippen LogP contribution is 2.29. The van der Waals surface area contributed by atoms with Crippen LogP contribution in [0.25, 0.3) is 0 Å². The van der Waals surface area contributed by atoms with Gasteiger partial charge in [-0.05, 0) is 54.6 Å². The van der Waals surface area contributed by atoms with Crippen LogP contribution in [0, 0.1) is 0 Å². The summed E-state index contributed by atoms with van der Waals surface area (Å²) in [6.45, 7) is 3.55. The molecule has 1 aromatic heterocycles. The zero-order valence-corrected chi connectivity index (χ0v) is 12.8. The summed E-state index contributed by atoms with van der Waals surface area (Å²) in [5, 5.41) is 3.53. The van der Waals surface area contributed by atoms with Gasteiger partial charge >= 0.3 is 0 Å². The van der Waals surface area contributed by atoms with E-state index in [0.29, 0.717) is 6.61 Å². The first-order valence-corrected chi connectivity index (χ1v) is 7.74. The molecule has 0 spiro atoms. The van der Waals surface area contributed by atoms with Gasteiger partial charge in [0.25, 0.3) is 0 Å². The van der Waals surface area contributed by atoms with Gasteiger partial charge in [-0.2, -0.15) is 0 Å². The van der Waals surface area contributed by atoms with Crippen LogP contribution in [-0.4, -0.2) is 13.7 Å². The van der Waals surface area contributed by atoms with Gasteiger partial charge in [0.1, 0.15) is 18.1 Å². The van der Waals surface area contributed by atoms with Crippen LogP contribution in [0.2, 0.25) is 0 Å². The highest BCUT2D eigenvalue weighted by molar-refractivity contribution is 5.38. The van der Waals surface area contributed by atoms with E-state index in [1.54, 1.807) is 7.11 Å². The number of ether oxygens (including phenoxy) is 1. The van der Waals surface area contributed by atoms with Gasteiger partial charge in [-0.3, -0.25) is 0 Å². The predicted molar refractivity (Wildman–Crippen MR) is 83.4 cm³/mol. The second-order valence-electron chi connectivity index (χ2n) is 5.61. The number of methoxy groups -OCH3 is 1. The highest BCUT2D eigenvalue weighted by atomic mass is 16.5. The van der Waals surface area contributed by atoms with Gasteiger partial charge in [0, 0.05) is 7.11 Å². The van der Waals surface area contributed by atoms with Crippen molar-refractivity contribution < 1.29 is 9.15 Å². The van der Waals surface area contributed by atoms with E-state index in [9.17, 15) is 0 Å². The smallest absolute Gasteiger partial charge is 0.129 e. The Balaban J connectivity index is 1.89. The molecule has 21 heavy (non-hydrogen) atoms. The molecule has 1 aliphatic carbocycles. The van der Waals surface area contributed by atoms with Crippen molar-refractivity contribution in [2.75, 3.05) is 13.7 Å². The largest absolute Gasteiger partial charge is 0.462 e. The van der Waals surface area contributed by atoms with E-state index in [0.717, 1.165) is 18.1 Å². The molecule has 0 saturated carbocycles. The first-order valence-electron chi connectivity index (χ1n) is 7.74. The lowest BCUT2D eigenvalue weighted by molar-refractivity contribution is 0.162. The van der Waals surface area contributed by atoms with Crippen molar-refractivity contribution in [1.82, 2.24) is 5.32 Å². The van der Waals surface area contributed by atoms with Gasteiger partial charge in [0.05, 0.1) is 6.04 Å². The quantitative estimate of drug-likeness (QED) is 0.880. The van der Waals surface area contributed by atoms with Crippen LogP contribution in [0.3, 0.4) is 0 Å². The lowest BCUT2D eigenvalue weighted by Crippen LogP contribution is -2.21. The standard InChI is InChI=1S/C18H23NO2/c1-3-19-18(17-10-9-16(21-17)12-20-2)15-8-7-13-5-4-6-14(13)11-15/h7-11,18-19H,3-6,12H2,1-2H3. The van der Waals surface area contributed by atoms with E-state index in [-0.39, 0.29) is 6.04 Å². The molecule has 1 heterocycles. The molecule has 0 fully saturated rings. The SMILES string of the molecule is CCNC(c1ccc2c(c1)CCC2)c1ccc(COC)o1. The zero-order chi connectivity index (χ0) is 14.7. The summed E-state index contributed by atoms with van der Waals surface area (Å²) in [6.07, 6.45) is 3.71. The number of benzene rings is 1. The molecule has 0 amide bonds. The molecule has 3 heteroatoms. The number of rotatable bonds is 6. The van der Waals surface area contributed by atoms with Crippen molar-refractivity contribution in [2.45, 2.75) is 38.8 Å². The maximum atomic E-state index is 5.93. The van der Waals surface area contributed by atoms with Crippen LogP contribution in [0.5, 0.6) is 0 Å². The number of fused-ring (bicyclic) bond motifs is 1. The van der Waals surface area contributed by atoms with Crippen molar-refractivity contribution in [3.05, 3.63) is 58.5 Å². The molecule has 3 rings (SSSR count). The van der Waals surface area contributed by atoms with E-state index in [1.807, 2.05) is 6.07 Å². The minimum Gasteiger partial charge on any atom is -0.462 e. The minimum absolute atomic E-state index is 0.117. The van der Waals surface area contributed by atoms with Crippen molar-refractivity contribution >= 4 is 0 Å². The van der Waals surface area contributed by atoms with Crippen LogP contribution >= 0.6 is 0 Å². The Labute approximate surface area is 126 Å². The molecule has 1 N–H and O–H groups in total. The first-order chi connectivity index (χ1) is 10.3. The highest BCUT2D eigenvalue weighted by Gasteiger charge is 2.19. The van der Waals surface area contributed by atoms with Crippen LogP contribution in [0.1, 0.15) is 47.6 Å². The third-order valence-corrected chi connectivity index (χ3v) is 4.12. The number of furan rings is 1. The average molecular weight is 285 g/mol. The van der Waals surface area contributed by atoms with E-state index >= 15 is 0 Å². The van der Waals surface area contributed by atoms with Gasteiger partial charge in [-0.1, -0.05) is 25.1 Å². The third kappa shape index (κ3) is 3.04. The Hall–Kier alpha value is -1.58. The number of hydrogen-bond donors (Lipinski definition) is 1. The molecule has 1 atom stereocenters. The van der Waals surface area contributed by atoms with Gasteiger partial charge in [0.2, 0.25) is 0 Å². The van der Waals surface area contributed by atoms with Gasteiger partial charge in [0.15, 0.2) is 0 Å². The summed E-state index contributed by atoms with van der Waals surface area (Å²) in [7, 11) is 1.68. The summed E-state index contributed by atoms with van der Waals surface area (Å²) >= 11 is 0. The first kappa shape index (κ1) is 14.4. The molecule has 0 radical (unpaired) electrons. The summed E-state index contributed by atoms with van der Waals surface area (Å²) < 4.78 is 11.1. The van der Waals surface area contributed by atoms with E-state index in [4.69, 9.17) is 9.15 Å². The molecule has 0 bridgehead atoms. The molecule has 1 aromatic carbocycles. The Bertz CT molecular complexity index is 603. The normalized spacial score (nSPS) is 15.1. The number of aryl methyl sites for hydroxylation is 2. The van der Waals surface area contributed by atoms with E-state index < -0.39 is 0 Å². The van der Waals surface area contributed by atoms with E-state index in [1.165, 1.54) is 36.0 Å². The van der Waals surface area contributed by atoms with E-state index in [2.05, 4.69) is 36.5 Å². The van der Waals surface area contributed by atoms with Crippen LogP contribution in [-0.2, 0) is 24.2 Å². The zero-order valence-electron chi connectivity index (χ0n) is 12.8. The second kappa shape index (κ2) is 6.46. The molecular formula is C18H23NO2. The lowest BCUT2D eigenvalue weighted by atomic mass is 9.99. The maximum Gasteiger partial charge on any atom is 0.129 e. The summed E-state index contributed by atoms with van der Waals surface area (Å²) in [4.78, 5) is 0. The molecule has 1 unspecified atom stereocenters. The lowest BCUT2D eigenvalue weighted by Gasteiger charge is -2.17. The van der Waals surface area contributed by atoms with Crippen LogP contribution < -0.4 is 5.32 Å². The Kier molecular flexibility index (Phi) is 4.42.